The minimum absolute atomic E-state index is 0.170. The van der Waals surface area contributed by atoms with E-state index in [4.69, 9.17) is 4.74 Å². The Kier molecular flexibility index (Phi) is 7.26. The van der Waals surface area contributed by atoms with Gasteiger partial charge in [0, 0.05) is 26.2 Å². The van der Waals surface area contributed by atoms with E-state index < -0.39 is 6.36 Å². The van der Waals surface area contributed by atoms with Crippen molar-refractivity contribution in [3.8, 4) is 11.5 Å². The first-order valence-corrected chi connectivity index (χ1v) is 11.4. The summed E-state index contributed by atoms with van der Waals surface area (Å²) in [6, 6.07) is 14.6. The molecular weight excluding hydrogens is 417 g/mol. The molecule has 1 saturated heterocycles. The number of nitrogens with one attached hydrogen (secondary N) is 1. The first-order chi connectivity index (χ1) is 15.4. The molecule has 0 radical (unpaired) electrons. The van der Waals surface area contributed by atoms with Crippen LogP contribution in [0.2, 0.25) is 0 Å². The Labute approximate surface area is 187 Å². The van der Waals surface area contributed by atoms with Crippen LogP contribution >= 0.6 is 0 Å². The molecule has 0 aromatic heterocycles. The van der Waals surface area contributed by atoms with Crippen molar-refractivity contribution >= 4 is 0 Å². The van der Waals surface area contributed by atoms with Crippen LogP contribution in [0.1, 0.15) is 30.9 Å². The number of fused-ring (bicyclic) bond motifs is 1. The molecule has 1 saturated carbocycles. The summed E-state index contributed by atoms with van der Waals surface area (Å²) in [6.45, 7) is 7.56. The van der Waals surface area contributed by atoms with Gasteiger partial charge in [0.05, 0.1) is 6.61 Å². The van der Waals surface area contributed by atoms with E-state index in [1.807, 2.05) is 6.07 Å². The lowest BCUT2D eigenvalue weighted by molar-refractivity contribution is -0.274. The largest absolute Gasteiger partial charge is 0.573 e. The fraction of sp³-hybridized carbons (Fsp3) is 0.520. The molecule has 2 unspecified atom stereocenters. The molecule has 4 nitrogen and oxygen atoms in total. The van der Waals surface area contributed by atoms with Gasteiger partial charge in [0.15, 0.2) is 0 Å². The second-order valence-electron chi connectivity index (χ2n) is 8.86. The van der Waals surface area contributed by atoms with Crippen LogP contribution in [0, 0.1) is 17.8 Å². The van der Waals surface area contributed by atoms with Gasteiger partial charge in [-0.25, -0.2) is 0 Å². The number of benzene rings is 2. The molecule has 0 bridgehead atoms. The fourth-order valence-electron chi connectivity index (χ4n) is 4.69. The summed E-state index contributed by atoms with van der Waals surface area (Å²) >= 11 is 0. The molecule has 1 N–H and O–H groups in total. The maximum atomic E-state index is 12.4. The van der Waals surface area contributed by atoms with Crippen LogP contribution in [0.15, 0.2) is 48.5 Å². The monoisotopic (exact) mass is 448 g/mol. The number of hydrogen-bond donors (Lipinski definition) is 1. The number of rotatable bonds is 11. The van der Waals surface area contributed by atoms with Gasteiger partial charge in [-0.1, -0.05) is 37.6 Å². The fourth-order valence-corrected chi connectivity index (χ4v) is 4.69. The summed E-state index contributed by atoms with van der Waals surface area (Å²) in [5.41, 5.74) is 2.10. The van der Waals surface area contributed by atoms with Gasteiger partial charge < -0.3 is 14.8 Å². The van der Waals surface area contributed by atoms with E-state index in [9.17, 15) is 13.2 Å². The van der Waals surface area contributed by atoms with Gasteiger partial charge in [0.2, 0.25) is 0 Å². The number of ether oxygens (including phenoxy) is 2. The van der Waals surface area contributed by atoms with Gasteiger partial charge in [-0.2, -0.15) is 0 Å². The molecule has 2 aromatic rings. The van der Waals surface area contributed by atoms with Crippen LogP contribution in [0.25, 0.3) is 0 Å². The number of alkyl halides is 3. The number of halogens is 3. The lowest BCUT2D eigenvalue weighted by Gasteiger charge is -2.20. The Hall–Kier alpha value is -2.25. The highest BCUT2D eigenvalue weighted by molar-refractivity contribution is 5.29. The zero-order valence-corrected chi connectivity index (χ0v) is 18.4. The summed E-state index contributed by atoms with van der Waals surface area (Å²) in [7, 11) is 0. The second-order valence-corrected chi connectivity index (χ2v) is 8.86. The van der Waals surface area contributed by atoms with E-state index in [0.717, 1.165) is 68.8 Å². The Morgan fingerprint density at radius 3 is 2.44 bits per heavy atom. The molecular formula is C25H31F3N2O2. The standard InChI is InChI=1S/C25H31F3N2O2/c1-2-3-11-31-20-9-7-18(8-10-20)15-30-16-23-22(24(23)17-30)14-29-13-19-5-4-6-21(12-19)32-25(26,27)28/h4-10,12,22-24,29H,2-3,11,13-17H2,1H3. The average Bonchev–Trinajstić information content (AvgIpc) is 3.19. The molecule has 1 heterocycles. The van der Waals surface area contributed by atoms with Gasteiger partial charge in [-0.05, 0) is 66.1 Å². The molecule has 174 valence electrons. The molecule has 2 aliphatic rings. The molecule has 4 rings (SSSR count). The van der Waals surface area contributed by atoms with Crippen molar-refractivity contribution < 1.29 is 22.6 Å². The third-order valence-electron chi connectivity index (χ3n) is 6.38. The Balaban J connectivity index is 1.15. The van der Waals surface area contributed by atoms with Gasteiger partial charge in [-0.15, -0.1) is 13.2 Å². The van der Waals surface area contributed by atoms with Crippen molar-refractivity contribution in [2.75, 3.05) is 26.2 Å². The zero-order chi connectivity index (χ0) is 22.6. The zero-order valence-electron chi connectivity index (χ0n) is 18.4. The summed E-state index contributed by atoms with van der Waals surface area (Å²) in [6.07, 6.45) is -2.45. The van der Waals surface area contributed by atoms with E-state index >= 15 is 0 Å². The van der Waals surface area contributed by atoms with Gasteiger partial charge in [0.25, 0.3) is 0 Å². The molecule has 1 aliphatic heterocycles. The summed E-state index contributed by atoms with van der Waals surface area (Å²) in [5.74, 6) is 2.87. The average molecular weight is 449 g/mol. The van der Waals surface area contributed by atoms with E-state index in [1.54, 1.807) is 6.07 Å². The van der Waals surface area contributed by atoms with Crippen molar-refractivity contribution in [1.82, 2.24) is 10.2 Å². The van der Waals surface area contributed by atoms with E-state index in [-0.39, 0.29) is 5.75 Å². The topological polar surface area (TPSA) is 33.7 Å². The predicted octanol–water partition coefficient (Wildman–Crippen LogP) is 5.23. The molecule has 1 aliphatic carbocycles. The van der Waals surface area contributed by atoms with Gasteiger partial charge >= 0.3 is 6.36 Å². The lowest BCUT2D eigenvalue weighted by atomic mass is 10.2. The SMILES string of the molecule is CCCCOc1ccc(CN2CC3C(CNCc4cccc(OC(F)(F)F)c4)C3C2)cc1. The molecule has 0 spiro atoms. The summed E-state index contributed by atoms with van der Waals surface area (Å²) in [5, 5.41) is 3.40. The Morgan fingerprint density at radius 1 is 1.00 bits per heavy atom. The normalized spacial score (nSPS) is 22.6. The van der Waals surface area contributed by atoms with Crippen molar-refractivity contribution in [3.05, 3.63) is 59.7 Å². The van der Waals surface area contributed by atoms with Crippen molar-refractivity contribution in [2.24, 2.45) is 17.8 Å². The first-order valence-electron chi connectivity index (χ1n) is 11.4. The third kappa shape index (κ3) is 6.39. The van der Waals surface area contributed by atoms with Crippen LogP contribution in [0.5, 0.6) is 11.5 Å². The number of likely N-dealkylation sites (tertiary alicyclic amines) is 1. The summed E-state index contributed by atoms with van der Waals surface area (Å²) < 4.78 is 46.8. The maximum absolute atomic E-state index is 12.4. The highest BCUT2D eigenvalue weighted by Gasteiger charge is 2.54. The van der Waals surface area contributed by atoms with Crippen molar-refractivity contribution in [2.45, 2.75) is 39.2 Å². The molecule has 0 amide bonds. The van der Waals surface area contributed by atoms with Crippen molar-refractivity contribution in [3.63, 3.8) is 0 Å². The lowest BCUT2D eigenvalue weighted by Crippen LogP contribution is -2.27. The highest BCUT2D eigenvalue weighted by Crippen LogP contribution is 2.51. The minimum Gasteiger partial charge on any atom is -0.494 e. The smallest absolute Gasteiger partial charge is 0.494 e. The molecule has 2 fully saturated rings. The van der Waals surface area contributed by atoms with E-state index in [0.29, 0.717) is 12.5 Å². The Morgan fingerprint density at radius 2 is 1.75 bits per heavy atom. The molecule has 7 heteroatoms. The van der Waals surface area contributed by atoms with Crippen LogP contribution in [-0.4, -0.2) is 37.5 Å². The van der Waals surface area contributed by atoms with E-state index in [2.05, 4.69) is 46.1 Å². The van der Waals surface area contributed by atoms with E-state index in [1.165, 1.54) is 17.7 Å². The summed E-state index contributed by atoms with van der Waals surface area (Å²) in [4.78, 5) is 2.51. The number of piperidine rings is 1. The number of hydrogen-bond acceptors (Lipinski definition) is 4. The number of unbranched alkanes of at least 4 members (excludes halogenated alkanes) is 1. The second kappa shape index (κ2) is 10.1. The van der Waals surface area contributed by atoms with Crippen molar-refractivity contribution in [1.29, 1.82) is 0 Å². The van der Waals surface area contributed by atoms with Crippen LogP contribution in [-0.2, 0) is 13.1 Å². The van der Waals surface area contributed by atoms with Gasteiger partial charge in [0.1, 0.15) is 11.5 Å². The molecule has 2 aromatic carbocycles. The van der Waals surface area contributed by atoms with Gasteiger partial charge in [-0.3, -0.25) is 4.90 Å². The first kappa shape index (κ1) is 22.9. The predicted molar refractivity (Wildman–Crippen MR) is 117 cm³/mol. The molecule has 32 heavy (non-hydrogen) atoms. The quantitative estimate of drug-likeness (QED) is 0.477. The Bertz CT molecular complexity index is 860. The van der Waals surface area contributed by atoms with Crippen LogP contribution in [0.3, 0.4) is 0 Å². The molecule has 2 atom stereocenters. The highest BCUT2D eigenvalue weighted by atomic mass is 19.4. The number of nitrogens with zero attached hydrogens (tertiary/aromatic N) is 1. The van der Waals surface area contributed by atoms with Crippen LogP contribution < -0.4 is 14.8 Å². The third-order valence-corrected chi connectivity index (χ3v) is 6.38. The van der Waals surface area contributed by atoms with Crippen LogP contribution in [0.4, 0.5) is 13.2 Å². The minimum atomic E-state index is -4.66. The maximum Gasteiger partial charge on any atom is 0.573 e.